The van der Waals surface area contributed by atoms with Crippen LogP contribution < -0.4 is 15.5 Å². The monoisotopic (exact) mass is 665 g/mol. The lowest BCUT2D eigenvalue weighted by atomic mass is 9.96. The number of nitrogens with zero attached hydrogens (tertiary/aromatic N) is 2. The van der Waals surface area contributed by atoms with E-state index in [1.165, 1.54) is 6.92 Å². The third-order valence-corrected chi connectivity index (χ3v) is 8.40. The first kappa shape index (κ1) is 33.9. The number of anilines is 1. The maximum absolute atomic E-state index is 14.6. The Morgan fingerprint density at radius 1 is 0.780 bits per heavy atom. The molecule has 1 heterocycles. The number of carbonyl (C=O) groups is 2. The molecule has 1 aromatic heterocycles. The van der Waals surface area contributed by atoms with Gasteiger partial charge in [0.2, 0.25) is 11.3 Å². The predicted molar refractivity (Wildman–Crippen MR) is 197 cm³/mol. The van der Waals surface area contributed by atoms with Crippen LogP contribution in [0.1, 0.15) is 52.5 Å². The fourth-order valence-electron chi connectivity index (χ4n) is 6.25. The summed E-state index contributed by atoms with van der Waals surface area (Å²) < 4.78 is 13.9. The van der Waals surface area contributed by atoms with Gasteiger partial charge in [0.05, 0.1) is 23.6 Å². The molecule has 6 aromatic rings. The quantitative estimate of drug-likeness (QED) is 0.133. The molecule has 0 spiro atoms. The van der Waals surface area contributed by atoms with Crippen LogP contribution in [0.2, 0.25) is 0 Å². The number of hydrogen-bond acceptors (Lipinski definition) is 6. The molecule has 0 bridgehead atoms. The van der Waals surface area contributed by atoms with Gasteiger partial charge in [-0.3, -0.25) is 14.5 Å². The van der Waals surface area contributed by atoms with Crippen molar-refractivity contribution in [3.63, 3.8) is 0 Å². The van der Waals surface area contributed by atoms with Crippen molar-refractivity contribution in [1.29, 1.82) is 0 Å². The summed E-state index contributed by atoms with van der Waals surface area (Å²) in [5.74, 6) is 0.149. The minimum atomic E-state index is -0.684. The van der Waals surface area contributed by atoms with Gasteiger partial charge in [0.15, 0.2) is 0 Å². The molecule has 0 unspecified atom stereocenters. The van der Waals surface area contributed by atoms with Crippen molar-refractivity contribution in [2.45, 2.75) is 33.0 Å². The maximum atomic E-state index is 14.6. The number of rotatable bonds is 12. The van der Waals surface area contributed by atoms with Crippen molar-refractivity contribution in [2.24, 2.45) is 0 Å². The zero-order chi connectivity index (χ0) is 35.0. The third kappa shape index (κ3) is 7.66. The lowest BCUT2D eigenvalue weighted by Gasteiger charge is -2.27. The van der Waals surface area contributed by atoms with Crippen LogP contribution in [-0.4, -0.2) is 35.0 Å². The summed E-state index contributed by atoms with van der Waals surface area (Å²) in [6.45, 7) is 4.26. The molecule has 0 radical (unpaired) electrons. The Hall–Kier alpha value is -5.99. The number of ether oxygens (including phenoxy) is 2. The van der Waals surface area contributed by atoms with Crippen LogP contribution in [0.15, 0.2) is 138 Å². The number of pyridine rings is 1. The average Bonchev–Trinajstić information content (AvgIpc) is 3.12. The van der Waals surface area contributed by atoms with Crippen LogP contribution in [0.5, 0.6) is 11.5 Å². The number of nitrogens with one attached hydrogen (secondary N) is 1. The van der Waals surface area contributed by atoms with Gasteiger partial charge in [0.25, 0.3) is 0 Å². The average molecular weight is 666 g/mol. The van der Waals surface area contributed by atoms with E-state index in [4.69, 9.17) is 9.47 Å². The maximum Gasteiger partial charge on any atom is 0.343 e. The number of esters is 1. The lowest BCUT2D eigenvalue weighted by molar-refractivity contribution is -0.114. The first-order chi connectivity index (χ1) is 24.3. The highest BCUT2D eigenvalue weighted by Gasteiger charge is 2.26. The van der Waals surface area contributed by atoms with Crippen LogP contribution in [0, 0.1) is 0 Å². The standard InChI is InChI=1S/C42H39N3O5/c1-4-49-42(48)36-28-45(40(31-16-10-6-11-17-31)32-18-12-7-13-19-32)37-24-25-38(50-34-22-20-33(21-23-34)43-29(2)46)35(39(37)41(36)47)27-44(3)26-30-14-8-5-9-15-30/h5-25,28,40H,4,26-27H2,1-3H3,(H,43,46). The van der Waals surface area contributed by atoms with E-state index in [0.29, 0.717) is 46.7 Å². The van der Waals surface area contributed by atoms with Crippen molar-refractivity contribution in [2.75, 3.05) is 19.0 Å². The molecule has 8 nitrogen and oxygen atoms in total. The third-order valence-electron chi connectivity index (χ3n) is 8.40. The molecule has 0 saturated heterocycles. The first-order valence-corrected chi connectivity index (χ1v) is 16.6. The Bertz CT molecular complexity index is 2110. The van der Waals surface area contributed by atoms with Gasteiger partial charge in [0.1, 0.15) is 17.1 Å². The van der Waals surface area contributed by atoms with Gasteiger partial charge in [0, 0.05) is 37.5 Å². The fraction of sp³-hybridized carbons (Fsp3) is 0.167. The smallest absolute Gasteiger partial charge is 0.343 e. The SMILES string of the molecule is CCOC(=O)c1cn(C(c2ccccc2)c2ccccc2)c2ccc(Oc3ccc(NC(C)=O)cc3)c(CN(C)Cc3ccccc3)c2c1=O. The Morgan fingerprint density at radius 3 is 1.96 bits per heavy atom. The first-order valence-electron chi connectivity index (χ1n) is 16.6. The fourth-order valence-corrected chi connectivity index (χ4v) is 6.25. The molecular weight excluding hydrogens is 626 g/mol. The van der Waals surface area contributed by atoms with E-state index >= 15 is 0 Å². The summed E-state index contributed by atoms with van der Waals surface area (Å²) in [5.41, 5.74) is 4.53. The van der Waals surface area contributed by atoms with Crippen LogP contribution in [-0.2, 0) is 22.6 Å². The van der Waals surface area contributed by atoms with Gasteiger partial charge in [-0.25, -0.2) is 4.79 Å². The molecule has 0 saturated carbocycles. The predicted octanol–water partition coefficient (Wildman–Crippen LogP) is 8.20. The lowest BCUT2D eigenvalue weighted by Crippen LogP contribution is -2.26. The Balaban J connectivity index is 1.59. The molecular formula is C42H39N3O5. The molecule has 252 valence electrons. The summed E-state index contributed by atoms with van der Waals surface area (Å²) in [4.78, 5) is 41.8. The molecule has 8 heteroatoms. The zero-order valence-corrected chi connectivity index (χ0v) is 28.3. The van der Waals surface area contributed by atoms with Crippen LogP contribution in [0.4, 0.5) is 5.69 Å². The van der Waals surface area contributed by atoms with E-state index in [2.05, 4.69) is 22.3 Å². The molecule has 0 fully saturated rings. The molecule has 0 aliphatic heterocycles. The molecule has 1 N–H and O–H groups in total. The minimum absolute atomic E-state index is 0.0556. The summed E-state index contributed by atoms with van der Waals surface area (Å²) in [7, 11) is 1.99. The van der Waals surface area contributed by atoms with E-state index in [-0.39, 0.29) is 24.1 Å². The van der Waals surface area contributed by atoms with Crippen molar-refractivity contribution in [1.82, 2.24) is 9.47 Å². The number of fused-ring (bicyclic) bond motifs is 1. The Morgan fingerprint density at radius 2 is 1.38 bits per heavy atom. The summed E-state index contributed by atoms with van der Waals surface area (Å²) in [6, 6.07) is 40.6. The van der Waals surface area contributed by atoms with Crippen molar-refractivity contribution >= 4 is 28.5 Å². The number of benzene rings is 5. The highest BCUT2D eigenvalue weighted by molar-refractivity contribution is 5.95. The Labute approximate surface area is 291 Å². The van der Waals surface area contributed by atoms with Gasteiger partial charge in [-0.1, -0.05) is 91.0 Å². The van der Waals surface area contributed by atoms with Crippen LogP contribution in [0.25, 0.3) is 10.9 Å². The molecule has 0 aliphatic rings. The number of carbonyl (C=O) groups excluding carboxylic acids is 2. The second kappa shape index (κ2) is 15.5. The van der Waals surface area contributed by atoms with Gasteiger partial charge in [-0.05, 0) is 67.1 Å². The summed E-state index contributed by atoms with van der Waals surface area (Å²) in [5, 5.41) is 3.14. The number of aromatic nitrogens is 1. The second-order valence-electron chi connectivity index (χ2n) is 12.1. The van der Waals surface area contributed by atoms with Crippen LogP contribution >= 0.6 is 0 Å². The highest BCUT2D eigenvalue weighted by Crippen LogP contribution is 2.36. The van der Waals surface area contributed by atoms with E-state index in [0.717, 1.165) is 16.7 Å². The van der Waals surface area contributed by atoms with Gasteiger partial charge < -0.3 is 19.4 Å². The van der Waals surface area contributed by atoms with E-state index in [9.17, 15) is 14.4 Å². The van der Waals surface area contributed by atoms with Crippen molar-refractivity contribution in [3.05, 3.63) is 172 Å². The normalized spacial score (nSPS) is 11.1. The molecule has 0 atom stereocenters. The Kier molecular flexibility index (Phi) is 10.5. The summed E-state index contributed by atoms with van der Waals surface area (Å²) in [6.07, 6.45) is 1.63. The van der Waals surface area contributed by atoms with E-state index < -0.39 is 11.4 Å². The molecule has 6 rings (SSSR count). The summed E-state index contributed by atoms with van der Waals surface area (Å²) >= 11 is 0. The highest BCUT2D eigenvalue weighted by atomic mass is 16.5. The van der Waals surface area contributed by atoms with Gasteiger partial charge in [-0.2, -0.15) is 0 Å². The topological polar surface area (TPSA) is 89.9 Å². The molecule has 0 aliphatic carbocycles. The number of hydrogen-bond donors (Lipinski definition) is 1. The van der Waals surface area contributed by atoms with Gasteiger partial charge in [-0.15, -0.1) is 0 Å². The van der Waals surface area contributed by atoms with Crippen LogP contribution in [0.3, 0.4) is 0 Å². The second-order valence-corrected chi connectivity index (χ2v) is 12.1. The minimum Gasteiger partial charge on any atom is -0.462 e. The largest absolute Gasteiger partial charge is 0.462 e. The van der Waals surface area contributed by atoms with Crippen molar-refractivity contribution in [3.8, 4) is 11.5 Å². The van der Waals surface area contributed by atoms with Gasteiger partial charge >= 0.3 is 5.97 Å². The molecule has 5 aromatic carbocycles. The molecule has 1 amide bonds. The van der Waals surface area contributed by atoms with Crippen molar-refractivity contribution < 1.29 is 19.1 Å². The van der Waals surface area contributed by atoms with E-state index in [1.54, 1.807) is 37.4 Å². The zero-order valence-electron chi connectivity index (χ0n) is 28.3. The molecule has 50 heavy (non-hydrogen) atoms. The number of amides is 1. The van der Waals surface area contributed by atoms with E-state index in [1.807, 2.05) is 103 Å².